The topological polar surface area (TPSA) is 98.8 Å². The number of aromatic nitrogens is 1. The van der Waals surface area contributed by atoms with Crippen LogP contribution >= 0.6 is 23.2 Å². The van der Waals surface area contributed by atoms with E-state index in [4.69, 9.17) is 27.9 Å². The Kier molecular flexibility index (Phi) is 6.62. The Morgan fingerprint density at radius 1 is 1.19 bits per heavy atom. The Bertz CT molecular complexity index is 1200. The van der Waals surface area contributed by atoms with Gasteiger partial charge >= 0.3 is 0 Å². The van der Waals surface area contributed by atoms with Crippen molar-refractivity contribution in [1.82, 2.24) is 9.99 Å². The predicted molar refractivity (Wildman–Crippen MR) is 120 cm³/mol. The van der Waals surface area contributed by atoms with Crippen LogP contribution in [0, 0.1) is 24.0 Å². The van der Waals surface area contributed by atoms with Gasteiger partial charge in [0.25, 0.3) is 11.6 Å². The minimum atomic E-state index is -0.636. The SMILES string of the molecule is COc1ccc([N+](=O)[O-])cc1C(=O)N/N=C\c1cc(C)n(-c2cc(Cl)ccc2Cl)c1C. The smallest absolute Gasteiger partial charge is 0.275 e. The number of ether oxygens (including phenoxy) is 1. The number of hydrogen-bond acceptors (Lipinski definition) is 5. The normalized spacial score (nSPS) is 11.0. The minimum Gasteiger partial charge on any atom is -0.496 e. The van der Waals surface area contributed by atoms with Crippen LogP contribution in [0.15, 0.2) is 47.6 Å². The van der Waals surface area contributed by atoms with E-state index in [0.717, 1.165) is 28.7 Å². The Balaban J connectivity index is 1.86. The van der Waals surface area contributed by atoms with Gasteiger partial charge in [-0.25, -0.2) is 5.43 Å². The molecule has 0 bridgehead atoms. The molecule has 0 fully saturated rings. The van der Waals surface area contributed by atoms with Gasteiger partial charge in [0.2, 0.25) is 0 Å². The molecule has 0 unspecified atom stereocenters. The van der Waals surface area contributed by atoms with E-state index in [9.17, 15) is 14.9 Å². The highest BCUT2D eigenvalue weighted by atomic mass is 35.5. The number of hydrogen-bond donors (Lipinski definition) is 1. The van der Waals surface area contributed by atoms with Crippen LogP contribution in [0.1, 0.15) is 27.3 Å². The molecule has 0 atom stereocenters. The van der Waals surface area contributed by atoms with E-state index in [1.54, 1.807) is 18.2 Å². The number of aryl methyl sites for hydroxylation is 1. The summed E-state index contributed by atoms with van der Waals surface area (Å²) in [6.45, 7) is 3.80. The van der Waals surface area contributed by atoms with Crippen molar-refractivity contribution in [2.45, 2.75) is 13.8 Å². The van der Waals surface area contributed by atoms with Gasteiger partial charge in [0, 0.05) is 34.1 Å². The number of methoxy groups -OCH3 is 1. The summed E-state index contributed by atoms with van der Waals surface area (Å²) in [5.74, 6) is -0.435. The molecule has 0 saturated heterocycles. The molecule has 31 heavy (non-hydrogen) atoms. The van der Waals surface area contributed by atoms with Gasteiger partial charge < -0.3 is 9.30 Å². The number of nitrogens with one attached hydrogen (secondary N) is 1. The van der Waals surface area contributed by atoms with Crippen LogP contribution in [-0.2, 0) is 0 Å². The zero-order valence-corrected chi connectivity index (χ0v) is 18.4. The van der Waals surface area contributed by atoms with Gasteiger partial charge in [-0.15, -0.1) is 0 Å². The fourth-order valence-corrected chi connectivity index (χ4v) is 3.52. The summed E-state index contributed by atoms with van der Waals surface area (Å²) in [6, 6.07) is 10.8. The molecule has 2 aromatic carbocycles. The van der Waals surface area contributed by atoms with Gasteiger partial charge in [-0.1, -0.05) is 23.2 Å². The standard InChI is InChI=1S/C21H18Cl2N4O4/c1-12-8-14(13(2)26(12)19-9-15(22)4-6-18(19)23)11-24-25-21(28)17-10-16(27(29)30)5-7-20(17)31-3/h4-11H,1-3H3,(H,25,28)/b24-11-. The molecule has 1 N–H and O–H groups in total. The minimum absolute atomic E-state index is 0.00466. The number of amides is 1. The average molecular weight is 461 g/mol. The van der Waals surface area contributed by atoms with Crippen LogP contribution in [0.2, 0.25) is 10.0 Å². The van der Waals surface area contributed by atoms with Crippen LogP contribution in [-0.4, -0.2) is 28.7 Å². The number of benzene rings is 2. The second-order valence-corrected chi connectivity index (χ2v) is 7.44. The largest absolute Gasteiger partial charge is 0.496 e. The van der Waals surface area contributed by atoms with Crippen molar-refractivity contribution in [2.24, 2.45) is 5.10 Å². The fraction of sp³-hybridized carbons (Fsp3) is 0.143. The lowest BCUT2D eigenvalue weighted by molar-refractivity contribution is -0.384. The zero-order chi connectivity index (χ0) is 22.7. The maximum Gasteiger partial charge on any atom is 0.275 e. The fourth-order valence-electron chi connectivity index (χ4n) is 3.15. The van der Waals surface area contributed by atoms with Crippen molar-refractivity contribution < 1.29 is 14.5 Å². The molecule has 3 rings (SSSR count). The van der Waals surface area contributed by atoms with E-state index < -0.39 is 10.8 Å². The number of nitro benzene ring substituents is 1. The van der Waals surface area contributed by atoms with E-state index in [1.807, 2.05) is 24.5 Å². The van der Waals surface area contributed by atoms with Gasteiger partial charge in [0.1, 0.15) is 5.75 Å². The summed E-state index contributed by atoms with van der Waals surface area (Å²) >= 11 is 12.4. The Labute approximate surface area is 188 Å². The van der Waals surface area contributed by atoms with Gasteiger partial charge in [-0.2, -0.15) is 5.10 Å². The third-order valence-corrected chi connectivity index (χ3v) is 5.18. The van der Waals surface area contributed by atoms with Gasteiger partial charge in [0.15, 0.2) is 0 Å². The number of carbonyl (C=O) groups is 1. The molecule has 160 valence electrons. The van der Waals surface area contributed by atoms with E-state index in [1.165, 1.54) is 25.5 Å². The van der Waals surface area contributed by atoms with Crippen molar-refractivity contribution in [3.05, 3.63) is 85.1 Å². The van der Waals surface area contributed by atoms with E-state index >= 15 is 0 Å². The Morgan fingerprint density at radius 3 is 2.61 bits per heavy atom. The number of carbonyl (C=O) groups excluding carboxylic acids is 1. The molecule has 0 aliphatic carbocycles. The summed E-state index contributed by atoms with van der Waals surface area (Å²) in [5.41, 5.74) is 5.37. The second-order valence-electron chi connectivity index (χ2n) is 6.60. The third-order valence-electron chi connectivity index (χ3n) is 4.63. The maximum absolute atomic E-state index is 12.5. The Morgan fingerprint density at radius 2 is 1.94 bits per heavy atom. The molecule has 0 spiro atoms. The second kappa shape index (κ2) is 9.20. The monoisotopic (exact) mass is 460 g/mol. The van der Waals surface area contributed by atoms with Crippen molar-refractivity contribution in [1.29, 1.82) is 0 Å². The molecule has 10 heteroatoms. The molecule has 0 saturated carbocycles. The van der Waals surface area contributed by atoms with Crippen molar-refractivity contribution >= 4 is 41.0 Å². The lowest BCUT2D eigenvalue weighted by atomic mass is 10.1. The molecule has 3 aromatic rings. The molecular weight excluding hydrogens is 443 g/mol. The molecule has 0 aliphatic rings. The van der Waals surface area contributed by atoms with Crippen LogP contribution in [0.3, 0.4) is 0 Å². The summed E-state index contributed by atoms with van der Waals surface area (Å²) in [4.78, 5) is 22.9. The zero-order valence-electron chi connectivity index (χ0n) is 16.8. The molecule has 1 aromatic heterocycles. The van der Waals surface area contributed by atoms with Crippen LogP contribution < -0.4 is 10.2 Å². The summed E-state index contributed by atoms with van der Waals surface area (Å²) < 4.78 is 7.04. The molecule has 1 heterocycles. The molecule has 0 radical (unpaired) electrons. The number of non-ortho nitro benzene ring substituents is 1. The third kappa shape index (κ3) is 4.70. The van der Waals surface area contributed by atoms with E-state index in [-0.39, 0.29) is 17.0 Å². The number of nitro groups is 1. The summed E-state index contributed by atoms with van der Waals surface area (Å²) in [5, 5.41) is 16.1. The van der Waals surface area contributed by atoms with Gasteiger partial charge in [0.05, 0.1) is 34.5 Å². The van der Waals surface area contributed by atoms with Gasteiger partial charge in [-0.05, 0) is 44.2 Å². The van der Waals surface area contributed by atoms with Crippen LogP contribution in [0.25, 0.3) is 5.69 Å². The van der Waals surface area contributed by atoms with Crippen molar-refractivity contribution in [3.63, 3.8) is 0 Å². The first kappa shape index (κ1) is 22.3. The molecule has 8 nitrogen and oxygen atoms in total. The van der Waals surface area contributed by atoms with Crippen LogP contribution in [0.4, 0.5) is 5.69 Å². The number of nitrogens with zero attached hydrogens (tertiary/aromatic N) is 3. The molecule has 1 amide bonds. The van der Waals surface area contributed by atoms with Crippen LogP contribution in [0.5, 0.6) is 5.75 Å². The first-order chi connectivity index (χ1) is 14.7. The molecule has 0 aliphatic heterocycles. The highest BCUT2D eigenvalue weighted by Crippen LogP contribution is 2.28. The quantitative estimate of drug-likeness (QED) is 0.314. The number of halogens is 2. The lowest BCUT2D eigenvalue weighted by Gasteiger charge is -2.12. The highest BCUT2D eigenvalue weighted by Gasteiger charge is 2.17. The summed E-state index contributed by atoms with van der Waals surface area (Å²) in [6.07, 6.45) is 1.49. The first-order valence-corrected chi connectivity index (χ1v) is 9.78. The Hall–Kier alpha value is -3.36. The predicted octanol–water partition coefficient (Wildman–Crippen LogP) is 5.08. The average Bonchev–Trinajstić information content (AvgIpc) is 3.02. The van der Waals surface area contributed by atoms with E-state index in [2.05, 4.69) is 10.5 Å². The maximum atomic E-state index is 12.5. The summed E-state index contributed by atoms with van der Waals surface area (Å²) in [7, 11) is 1.37. The van der Waals surface area contributed by atoms with Crippen molar-refractivity contribution in [3.8, 4) is 11.4 Å². The highest BCUT2D eigenvalue weighted by molar-refractivity contribution is 6.34. The molecular formula is C21H18Cl2N4O4. The van der Waals surface area contributed by atoms with Gasteiger partial charge in [-0.3, -0.25) is 14.9 Å². The van der Waals surface area contributed by atoms with Crippen molar-refractivity contribution in [2.75, 3.05) is 7.11 Å². The number of hydrazone groups is 1. The number of rotatable bonds is 6. The van der Waals surface area contributed by atoms with E-state index in [0.29, 0.717) is 10.0 Å². The first-order valence-electron chi connectivity index (χ1n) is 9.03. The lowest BCUT2D eigenvalue weighted by Crippen LogP contribution is -2.18.